The highest BCUT2D eigenvalue weighted by atomic mass is 35.5. The molecule has 0 aliphatic heterocycles. The summed E-state index contributed by atoms with van der Waals surface area (Å²) in [7, 11) is 1.26. The summed E-state index contributed by atoms with van der Waals surface area (Å²) in [6, 6.07) is 13.1. The number of carbonyl (C=O) groups excluding carboxylic acids is 1. The number of nitrogens with one attached hydrogen (secondary N) is 1. The molecule has 0 spiro atoms. The van der Waals surface area contributed by atoms with Crippen molar-refractivity contribution in [3.8, 4) is 11.5 Å². The van der Waals surface area contributed by atoms with E-state index < -0.39 is 6.09 Å². The minimum atomic E-state index is -0.654. The molecule has 0 aromatic heterocycles. The van der Waals surface area contributed by atoms with Gasteiger partial charge < -0.3 is 14.2 Å². The first-order valence-electron chi connectivity index (χ1n) is 8.08. The number of amides is 1. The van der Waals surface area contributed by atoms with Gasteiger partial charge in [-0.1, -0.05) is 29.8 Å². The minimum absolute atomic E-state index is 0.471. The van der Waals surface area contributed by atoms with Gasteiger partial charge in [-0.2, -0.15) is 5.10 Å². The third-order valence-corrected chi connectivity index (χ3v) is 3.65. The number of nitrogens with zero attached hydrogens (tertiary/aromatic N) is 1. The number of carbonyl (C=O) groups is 1. The van der Waals surface area contributed by atoms with E-state index in [2.05, 4.69) is 15.3 Å². The van der Waals surface area contributed by atoms with E-state index in [1.165, 1.54) is 13.3 Å². The lowest BCUT2D eigenvalue weighted by atomic mass is 10.2. The van der Waals surface area contributed by atoms with Crippen LogP contribution in [0.3, 0.4) is 0 Å². The molecule has 0 bridgehead atoms. The van der Waals surface area contributed by atoms with Crippen LogP contribution in [0.25, 0.3) is 0 Å². The van der Waals surface area contributed by atoms with E-state index in [0.29, 0.717) is 36.0 Å². The lowest BCUT2D eigenvalue weighted by molar-refractivity contribution is 0.171. The number of benzene rings is 2. The number of halogens is 1. The van der Waals surface area contributed by atoms with Gasteiger partial charge in [0.15, 0.2) is 0 Å². The Hall–Kier alpha value is -2.73. The molecule has 0 radical (unpaired) electrons. The van der Waals surface area contributed by atoms with Crippen molar-refractivity contribution in [2.24, 2.45) is 5.10 Å². The van der Waals surface area contributed by atoms with Crippen LogP contribution in [-0.4, -0.2) is 32.6 Å². The van der Waals surface area contributed by atoms with Gasteiger partial charge in [0, 0.05) is 17.0 Å². The Labute approximate surface area is 157 Å². The lowest BCUT2D eigenvalue weighted by Gasteiger charge is -2.11. The molecule has 0 heterocycles. The molecular formula is C19H21ClN2O4. The van der Waals surface area contributed by atoms with Crippen LogP contribution in [0.4, 0.5) is 4.79 Å². The second-order valence-electron chi connectivity index (χ2n) is 5.36. The molecule has 138 valence electrons. The normalized spacial score (nSPS) is 10.6. The van der Waals surface area contributed by atoms with Crippen LogP contribution < -0.4 is 14.9 Å². The van der Waals surface area contributed by atoms with E-state index in [1.807, 2.05) is 31.2 Å². The summed E-state index contributed by atoms with van der Waals surface area (Å²) in [6.45, 7) is 3.03. The van der Waals surface area contributed by atoms with Crippen LogP contribution in [-0.2, 0) is 4.74 Å². The quantitative estimate of drug-likeness (QED) is 0.426. The van der Waals surface area contributed by atoms with E-state index in [4.69, 9.17) is 21.1 Å². The Morgan fingerprint density at radius 1 is 1.15 bits per heavy atom. The van der Waals surface area contributed by atoms with Gasteiger partial charge in [-0.25, -0.2) is 10.2 Å². The summed E-state index contributed by atoms with van der Waals surface area (Å²) in [5.41, 5.74) is 3.96. The van der Waals surface area contributed by atoms with Crippen molar-refractivity contribution in [1.29, 1.82) is 0 Å². The number of aryl methyl sites for hydroxylation is 1. The number of hydrogen-bond donors (Lipinski definition) is 1. The maximum Gasteiger partial charge on any atom is 0.427 e. The Morgan fingerprint density at radius 2 is 1.88 bits per heavy atom. The number of hydrazone groups is 1. The van der Waals surface area contributed by atoms with Crippen molar-refractivity contribution in [3.05, 3.63) is 58.6 Å². The highest BCUT2D eigenvalue weighted by Gasteiger charge is 2.04. The number of para-hydroxylation sites is 1. The molecule has 0 saturated carbocycles. The smallest absolute Gasteiger partial charge is 0.427 e. The van der Waals surface area contributed by atoms with Crippen molar-refractivity contribution >= 4 is 23.9 Å². The number of methoxy groups -OCH3 is 1. The van der Waals surface area contributed by atoms with E-state index >= 15 is 0 Å². The zero-order valence-corrected chi connectivity index (χ0v) is 15.5. The summed E-state index contributed by atoms with van der Waals surface area (Å²) in [4.78, 5) is 11.0. The molecule has 0 unspecified atom stereocenters. The monoisotopic (exact) mass is 376 g/mol. The van der Waals surface area contributed by atoms with Crippen molar-refractivity contribution < 1.29 is 19.0 Å². The molecule has 0 aliphatic rings. The number of hydrogen-bond acceptors (Lipinski definition) is 5. The van der Waals surface area contributed by atoms with Crippen molar-refractivity contribution in [2.75, 3.05) is 20.3 Å². The lowest BCUT2D eigenvalue weighted by Crippen LogP contribution is -2.16. The molecule has 1 N–H and O–H groups in total. The summed E-state index contributed by atoms with van der Waals surface area (Å²) in [6.07, 6.45) is 1.51. The summed E-state index contributed by atoms with van der Waals surface area (Å²) in [5.74, 6) is 1.49. The zero-order valence-electron chi connectivity index (χ0n) is 14.7. The van der Waals surface area contributed by atoms with Crippen molar-refractivity contribution in [1.82, 2.24) is 5.43 Å². The molecule has 1 amide bonds. The second-order valence-corrected chi connectivity index (χ2v) is 5.80. The molecule has 0 fully saturated rings. The predicted octanol–water partition coefficient (Wildman–Crippen LogP) is 4.19. The van der Waals surface area contributed by atoms with E-state index in [9.17, 15) is 4.79 Å². The average Bonchev–Trinajstić information content (AvgIpc) is 2.64. The topological polar surface area (TPSA) is 69.2 Å². The van der Waals surface area contributed by atoms with Crippen LogP contribution in [0, 0.1) is 6.92 Å². The third-order valence-electron chi connectivity index (χ3n) is 3.41. The van der Waals surface area contributed by atoms with Gasteiger partial charge in [-0.05, 0) is 36.8 Å². The van der Waals surface area contributed by atoms with Gasteiger partial charge in [0.2, 0.25) is 0 Å². The summed E-state index contributed by atoms with van der Waals surface area (Å²) >= 11 is 6.00. The molecule has 0 aliphatic carbocycles. The van der Waals surface area contributed by atoms with Crippen LogP contribution in [0.15, 0.2) is 47.6 Å². The second kappa shape index (κ2) is 10.3. The SMILES string of the molecule is COC(=O)NN=Cc1cc(Cl)ccc1OCCCOc1ccccc1C. The first-order valence-corrected chi connectivity index (χ1v) is 8.45. The van der Waals surface area contributed by atoms with Crippen molar-refractivity contribution in [3.63, 3.8) is 0 Å². The van der Waals surface area contributed by atoms with Crippen LogP contribution in [0.2, 0.25) is 5.02 Å². The van der Waals surface area contributed by atoms with Crippen LogP contribution in [0.5, 0.6) is 11.5 Å². The summed E-state index contributed by atoms with van der Waals surface area (Å²) < 4.78 is 16.0. The highest BCUT2D eigenvalue weighted by Crippen LogP contribution is 2.22. The maximum atomic E-state index is 11.0. The largest absolute Gasteiger partial charge is 0.493 e. The fraction of sp³-hybridized carbons (Fsp3) is 0.263. The molecule has 7 heteroatoms. The molecular weight excluding hydrogens is 356 g/mol. The number of ether oxygens (including phenoxy) is 3. The molecule has 26 heavy (non-hydrogen) atoms. The minimum Gasteiger partial charge on any atom is -0.493 e. The number of rotatable bonds is 8. The molecule has 6 nitrogen and oxygen atoms in total. The predicted molar refractivity (Wildman–Crippen MR) is 101 cm³/mol. The fourth-order valence-electron chi connectivity index (χ4n) is 2.09. The zero-order chi connectivity index (χ0) is 18.8. The van der Waals surface area contributed by atoms with E-state index in [1.54, 1.807) is 18.2 Å². The summed E-state index contributed by atoms with van der Waals surface area (Å²) in [5, 5.41) is 4.34. The first-order chi connectivity index (χ1) is 12.6. The average molecular weight is 377 g/mol. The first kappa shape index (κ1) is 19.6. The molecule has 2 aromatic carbocycles. The molecule has 2 rings (SSSR count). The Balaban J connectivity index is 1.85. The van der Waals surface area contributed by atoms with Gasteiger partial charge in [-0.15, -0.1) is 0 Å². The van der Waals surface area contributed by atoms with E-state index in [0.717, 1.165) is 11.3 Å². The third kappa shape index (κ3) is 6.29. The highest BCUT2D eigenvalue weighted by molar-refractivity contribution is 6.30. The van der Waals surface area contributed by atoms with Gasteiger partial charge in [-0.3, -0.25) is 0 Å². The Kier molecular flexibility index (Phi) is 7.76. The fourth-order valence-corrected chi connectivity index (χ4v) is 2.27. The maximum absolute atomic E-state index is 11.0. The molecule has 2 aromatic rings. The van der Waals surface area contributed by atoms with E-state index in [-0.39, 0.29) is 0 Å². The van der Waals surface area contributed by atoms with Gasteiger partial charge in [0.05, 0.1) is 26.5 Å². The van der Waals surface area contributed by atoms with Gasteiger partial charge >= 0.3 is 6.09 Å². The molecule has 0 saturated heterocycles. The van der Waals surface area contributed by atoms with Gasteiger partial charge in [0.25, 0.3) is 0 Å². The van der Waals surface area contributed by atoms with Crippen LogP contribution in [0.1, 0.15) is 17.5 Å². The van der Waals surface area contributed by atoms with Crippen molar-refractivity contribution in [2.45, 2.75) is 13.3 Å². The Bertz CT molecular complexity index is 765. The van der Waals surface area contributed by atoms with Crippen LogP contribution >= 0.6 is 11.6 Å². The Morgan fingerprint density at radius 3 is 2.62 bits per heavy atom. The van der Waals surface area contributed by atoms with Gasteiger partial charge in [0.1, 0.15) is 11.5 Å². The molecule has 0 atom stereocenters. The standard InChI is InChI=1S/C19H21ClN2O4/c1-14-6-3-4-7-17(14)25-10-5-11-26-18-9-8-16(20)12-15(18)13-21-22-19(23)24-2/h3-4,6-9,12-13H,5,10-11H2,1-2H3,(H,22,23).